The summed E-state index contributed by atoms with van der Waals surface area (Å²) < 4.78 is 6.37. The lowest BCUT2D eigenvalue weighted by molar-refractivity contribution is -0.145. The summed E-state index contributed by atoms with van der Waals surface area (Å²) in [6.07, 6.45) is -0.336. The highest BCUT2D eigenvalue weighted by Crippen LogP contribution is 2.42. The van der Waals surface area contributed by atoms with E-state index in [0.717, 1.165) is 16.7 Å². The minimum absolute atomic E-state index is 0.0839. The average molecular weight is 543 g/mol. The second-order valence-electron chi connectivity index (χ2n) is 9.11. The van der Waals surface area contributed by atoms with Gasteiger partial charge < -0.3 is 10.1 Å². The van der Waals surface area contributed by atoms with E-state index in [-0.39, 0.29) is 34.4 Å². The molecule has 0 aliphatic carbocycles. The maximum Gasteiger partial charge on any atom is 0.253 e. The first kappa shape index (κ1) is 25.9. The van der Waals surface area contributed by atoms with E-state index >= 15 is 0 Å². The Morgan fingerprint density at radius 3 is 2.08 bits per heavy atom. The standard InChI is InChI=1S/C30H26N2O4S2/c1-19(33)23-18-38-29-25(31-24(34)17-20-11-5-2-6-12-20)28(35)32(29)26(23)30(37)36-27(21-13-7-3-8-14-21)22-15-9-4-10-16-22/h2-16,25,27,29H,17-18H2,1H3,(H,31,34)/t25?,29-/m1/s1. The quantitative estimate of drug-likeness (QED) is 0.331. The van der Waals surface area contributed by atoms with Crippen LogP contribution in [0.3, 0.4) is 0 Å². The van der Waals surface area contributed by atoms with Gasteiger partial charge in [0.15, 0.2) is 5.78 Å². The Morgan fingerprint density at radius 2 is 1.53 bits per heavy atom. The number of benzene rings is 3. The molecule has 0 aromatic heterocycles. The first-order chi connectivity index (χ1) is 18.4. The molecule has 3 aromatic rings. The second kappa shape index (κ2) is 11.3. The van der Waals surface area contributed by atoms with Gasteiger partial charge in [0.05, 0.1) is 6.42 Å². The van der Waals surface area contributed by atoms with Crippen LogP contribution < -0.4 is 5.32 Å². The van der Waals surface area contributed by atoms with E-state index in [0.29, 0.717) is 17.0 Å². The number of ether oxygens (including phenoxy) is 1. The highest BCUT2D eigenvalue weighted by atomic mass is 32.2. The predicted octanol–water partition coefficient (Wildman–Crippen LogP) is 4.61. The van der Waals surface area contributed by atoms with Crippen molar-refractivity contribution in [3.05, 3.63) is 119 Å². The van der Waals surface area contributed by atoms with Crippen LogP contribution in [-0.4, -0.2) is 44.7 Å². The van der Waals surface area contributed by atoms with Crippen LogP contribution in [-0.2, 0) is 25.5 Å². The van der Waals surface area contributed by atoms with Gasteiger partial charge in [-0.2, -0.15) is 0 Å². The van der Waals surface area contributed by atoms with Gasteiger partial charge in [-0.1, -0.05) is 91.0 Å². The molecule has 2 aliphatic heterocycles. The Morgan fingerprint density at radius 1 is 0.974 bits per heavy atom. The number of carbonyl (C=O) groups is 3. The first-order valence-corrected chi connectivity index (χ1v) is 13.7. The normalized spacial score (nSPS) is 18.5. The van der Waals surface area contributed by atoms with Gasteiger partial charge in [-0.05, 0) is 35.8 Å². The van der Waals surface area contributed by atoms with Crippen molar-refractivity contribution in [1.29, 1.82) is 0 Å². The summed E-state index contributed by atoms with van der Waals surface area (Å²) >= 11 is 7.19. The molecule has 2 atom stereocenters. The third-order valence-electron chi connectivity index (χ3n) is 6.54. The fourth-order valence-electron chi connectivity index (χ4n) is 4.63. The zero-order valence-corrected chi connectivity index (χ0v) is 22.3. The maximum atomic E-state index is 13.3. The van der Waals surface area contributed by atoms with Gasteiger partial charge in [-0.15, -0.1) is 11.8 Å². The molecule has 1 saturated heterocycles. The molecule has 3 aromatic carbocycles. The van der Waals surface area contributed by atoms with Crippen molar-refractivity contribution in [2.45, 2.75) is 30.9 Å². The number of carbonyl (C=O) groups excluding carboxylic acids is 3. The van der Waals surface area contributed by atoms with E-state index in [2.05, 4.69) is 5.32 Å². The molecule has 1 unspecified atom stereocenters. The van der Waals surface area contributed by atoms with Gasteiger partial charge in [0.25, 0.3) is 5.91 Å². The molecule has 2 aliphatic rings. The Labute approximate surface area is 231 Å². The molecule has 192 valence electrons. The van der Waals surface area contributed by atoms with Gasteiger partial charge in [-0.3, -0.25) is 19.3 Å². The fourth-order valence-corrected chi connectivity index (χ4v) is 6.36. The molecular formula is C30H26N2O4S2. The number of Topliss-reactive ketones (excluding diaryl/α,β-unsaturated/α-hetero) is 1. The third-order valence-corrected chi connectivity index (χ3v) is 8.11. The Kier molecular flexibility index (Phi) is 7.72. The fraction of sp³-hybridized carbons (Fsp3) is 0.200. The number of ketones is 1. The number of β-lactam (4-membered cyclic amide) rings is 1. The number of thioether (sulfide) groups is 1. The molecule has 0 radical (unpaired) electrons. The van der Waals surface area contributed by atoms with Crippen molar-refractivity contribution < 1.29 is 19.1 Å². The van der Waals surface area contributed by atoms with Crippen LogP contribution in [0.2, 0.25) is 0 Å². The van der Waals surface area contributed by atoms with Crippen LogP contribution in [0.15, 0.2) is 102 Å². The van der Waals surface area contributed by atoms with Crippen LogP contribution >= 0.6 is 24.0 Å². The van der Waals surface area contributed by atoms with E-state index in [4.69, 9.17) is 17.0 Å². The molecule has 2 heterocycles. The smallest absolute Gasteiger partial charge is 0.253 e. The van der Waals surface area contributed by atoms with E-state index in [1.165, 1.54) is 23.6 Å². The Hall–Kier alpha value is -3.75. The SMILES string of the molecule is CC(=O)C1=C(C(=S)OC(c2ccccc2)c2ccccc2)N2C(=O)C(NC(=O)Cc3ccccc3)[C@H]2SC1. The van der Waals surface area contributed by atoms with E-state index in [1.54, 1.807) is 0 Å². The number of nitrogens with one attached hydrogen (secondary N) is 1. The molecule has 2 amide bonds. The lowest BCUT2D eigenvalue weighted by Crippen LogP contribution is -2.70. The summed E-state index contributed by atoms with van der Waals surface area (Å²) in [5, 5.41) is 2.58. The molecule has 1 fully saturated rings. The summed E-state index contributed by atoms with van der Waals surface area (Å²) in [4.78, 5) is 40.1. The summed E-state index contributed by atoms with van der Waals surface area (Å²) in [5.74, 6) is -0.337. The largest absolute Gasteiger partial charge is 0.469 e. The van der Waals surface area contributed by atoms with E-state index in [9.17, 15) is 14.4 Å². The van der Waals surface area contributed by atoms with Crippen molar-refractivity contribution in [1.82, 2.24) is 10.2 Å². The van der Waals surface area contributed by atoms with Crippen LogP contribution in [0.25, 0.3) is 0 Å². The first-order valence-electron chi connectivity index (χ1n) is 12.3. The van der Waals surface area contributed by atoms with Gasteiger partial charge in [0.1, 0.15) is 23.2 Å². The van der Waals surface area contributed by atoms with Crippen LogP contribution in [0.1, 0.15) is 29.7 Å². The van der Waals surface area contributed by atoms with Crippen molar-refractivity contribution in [3.8, 4) is 0 Å². The van der Waals surface area contributed by atoms with Crippen molar-refractivity contribution in [2.24, 2.45) is 0 Å². The van der Waals surface area contributed by atoms with E-state index < -0.39 is 12.1 Å². The molecule has 0 bridgehead atoms. The molecular weight excluding hydrogens is 516 g/mol. The zero-order valence-electron chi connectivity index (χ0n) is 20.7. The minimum Gasteiger partial charge on any atom is -0.469 e. The summed E-state index contributed by atoms with van der Waals surface area (Å²) in [6, 6.07) is 28.0. The molecule has 8 heteroatoms. The molecule has 0 saturated carbocycles. The highest BCUT2D eigenvalue weighted by molar-refractivity contribution is 8.00. The number of thiocarbonyl (C=S) groups is 1. The Bertz CT molecular complexity index is 1350. The highest BCUT2D eigenvalue weighted by Gasteiger charge is 2.54. The summed E-state index contributed by atoms with van der Waals surface area (Å²) in [6.45, 7) is 1.47. The average Bonchev–Trinajstić information content (AvgIpc) is 2.95. The zero-order chi connectivity index (χ0) is 26.6. The molecule has 6 nitrogen and oxygen atoms in total. The monoisotopic (exact) mass is 542 g/mol. The summed E-state index contributed by atoms with van der Waals surface area (Å²) in [7, 11) is 0. The van der Waals surface area contributed by atoms with Crippen LogP contribution in [0, 0.1) is 0 Å². The van der Waals surface area contributed by atoms with Gasteiger partial charge in [-0.25, -0.2) is 0 Å². The topological polar surface area (TPSA) is 75.7 Å². The molecule has 1 N–H and O–H groups in total. The number of nitrogens with zero attached hydrogens (tertiary/aromatic N) is 1. The second-order valence-corrected chi connectivity index (χ2v) is 10.6. The minimum atomic E-state index is -0.693. The van der Waals surface area contributed by atoms with Gasteiger partial charge >= 0.3 is 0 Å². The van der Waals surface area contributed by atoms with Crippen LogP contribution in [0.5, 0.6) is 0 Å². The van der Waals surface area contributed by atoms with Crippen molar-refractivity contribution in [2.75, 3.05) is 5.75 Å². The third kappa shape index (κ3) is 5.28. The van der Waals surface area contributed by atoms with Gasteiger partial charge in [0.2, 0.25) is 11.0 Å². The van der Waals surface area contributed by atoms with Crippen molar-refractivity contribution in [3.63, 3.8) is 0 Å². The van der Waals surface area contributed by atoms with Crippen LogP contribution in [0.4, 0.5) is 0 Å². The maximum absolute atomic E-state index is 13.3. The number of rotatable bonds is 8. The molecule has 38 heavy (non-hydrogen) atoms. The van der Waals surface area contributed by atoms with Gasteiger partial charge in [0, 0.05) is 11.3 Å². The molecule has 5 rings (SSSR count). The number of hydrogen-bond donors (Lipinski definition) is 1. The lowest BCUT2D eigenvalue weighted by atomic mass is 10.00. The predicted molar refractivity (Wildman–Crippen MR) is 151 cm³/mol. The number of fused-ring (bicyclic) bond motifs is 1. The summed E-state index contributed by atoms with van der Waals surface area (Å²) in [5.41, 5.74) is 3.43. The van der Waals surface area contributed by atoms with E-state index in [1.807, 2.05) is 91.0 Å². The Balaban J connectivity index is 1.38. The number of hydrogen-bond acceptors (Lipinski definition) is 6. The lowest BCUT2D eigenvalue weighted by Gasteiger charge is -2.50. The number of amides is 2. The van der Waals surface area contributed by atoms with Crippen molar-refractivity contribution >= 4 is 46.6 Å². The molecule has 0 spiro atoms.